The minimum atomic E-state index is -0.652. The third-order valence-electron chi connectivity index (χ3n) is 4.25. The minimum absolute atomic E-state index is 0.101. The number of hydrogen-bond acceptors (Lipinski definition) is 2. The second-order valence-electron chi connectivity index (χ2n) is 6.01. The summed E-state index contributed by atoms with van der Waals surface area (Å²) in [6.45, 7) is 10.4. The van der Waals surface area contributed by atoms with Gasteiger partial charge in [0.2, 0.25) is 0 Å². The van der Waals surface area contributed by atoms with E-state index in [2.05, 4.69) is 32.6 Å². The molecule has 0 aromatic rings. The van der Waals surface area contributed by atoms with Crippen molar-refractivity contribution in [2.24, 2.45) is 11.3 Å². The molecule has 0 spiro atoms. The first-order valence-electron chi connectivity index (χ1n) is 6.89. The van der Waals surface area contributed by atoms with Crippen LogP contribution in [-0.4, -0.2) is 35.1 Å². The molecule has 1 atom stereocenters. The van der Waals surface area contributed by atoms with Crippen LogP contribution in [-0.2, 0) is 4.79 Å². The zero-order valence-electron chi connectivity index (χ0n) is 11.7. The van der Waals surface area contributed by atoms with Crippen LogP contribution in [0.15, 0.2) is 0 Å². The molecule has 1 N–H and O–H groups in total. The molecule has 0 aromatic heterocycles. The molecule has 0 bridgehead atoms. The molecule has 1 rings (SSSR count). The van der Waals surface area contributed by atoms with Gasteiger partial charge in [0.1, 0.15) is 6.04 Å². The second-order valence-corrected chi connectivity index (χ2v) is 6.01. The van der Waals surface area contributed by atoms with Gasteiger partial charge < -0.3 is 5.11 Å². The SMILES string of the molecule is CCC(CC)CN1CCCC(C)(C)C1C(=O)O. The lowest BCUT2D eigenvalue weighted by Crippen LogP contribution is -2.55. The van der Waals surface area contributed by atoms with Gasteiger partial charge in [-0.1, -0.05) is 40.5 Å². The molecular formula is C14H27NO2. The number of piperidine rings is 1. The first kappa shape index (κ1) is 14.5. The Labute approximate surface area is 105 Å². The molecule has 17 heavy (non-hydrogen) atoms. The summed E-state index contributed by atoms with van der Waals surface area (Å²) >= 11 is 0. The largest absolute Gasteiger partial charge is 0.480 e. The molecule has 0 saturated carbocycles. The van der Waals surface area contributed by atoms with Gasteiger partial charge in [0, 0.05) is 6.54 Å². The van der Waals surface area contributed by atoms with Crippen molar-refractivity contribution in [1.82, 2.24) is 4.90 Å². The van der Waals surface area contributed by atoms with Crippen LogP contribution in [0.1, 0.15) is 53.4 Å². The Kier molecular flexibility index (Phi) is 4.99. The zero-order valence-corrected chi connectivity index (χ0v) is 11.7. The zero-order chi connectivity index (χ0) is 13.1. The summed E-state index contributed by atoms with van der Waals surface area (Å²) < 4.78 is 0. The molecule has 3 heteroatoms. The Morgan fingerprint density at radius 1 is 1.41 bits per heavy atom. The average molecular weight is 241 g/mol. The van der Waals surface area contributed by atoms with E-state index >= 15 is 0 Å². The van der Waals surface area contributed by atoms with E-state index < -0.39 is 5.97 Å². The van der Waals surface area contributed by atoms with Crippen molar-refractivity contribution < 1.29 is 9.90 Å². The number of likely N-dealkylation sites (tertiary alicyclic amines) is 1. The third-order valence-corrected chi connectivity index (χ3v) is 4.25. The van der Waals surface area contributed by atoms with Crippen molar-refractivity contribution in [3.63, 3.8) is 0 Å². The number of rotatable bonds is 5. The van der Waals surface area contributed by atoms with Gasteiger partial charge in [-0.2, -0.15) is 0 Å². The van der Waals surface area contributed by atoms with E-state index in [1.165, 1.54) is 0 Å². The maximum atomic E-state index is 11.5. The molecule has 3 nitrogen and oxygen atoms in total. The quantitative estimate of drug-likeness (QED) is 0.804. The number of nitrogens with zero attached hydrogens (tertiary/aromatic N) is 1. The predicted octanol–water partition coefficient (Wildman–Crippen LogP) is 3.00. The normalized spacial score (nSPS) is 25.1. The number of aliphatic carboxylic acids is 1. The highest BCUT2D eigenvalue weighted by atomic mass is 16.4. The Bertz CT molecular complexity index is 259. The van der Waals surface area contributed by atoms with Gasteiger partial charge in [0.05, 0.1) is 0 Å². The monoisotopic (exact) mass is 241 g/mol. The summed E-state index contributed by atoms with van der Waals surface area (Å²) in [6.07, 6.45) is 4.42. The third kappa shape index (κ3) is 3.44. The van der Waals surface area contributed by atoms with Gasteiger partial charge in [0.15, 0.2) is 0 Å². The van der Waals surface area contributed by atoms with E-state index in [4.69, 9.17) is 0 Å². The highest BCUT2D eigenvalue weighted by Gasteiger charge is 2.42. The molecular weight excluding hydrogens is 214 g/mol. The molecule has 1 unspecified atom stereocenters. The highest BCUT2D eigenvalue weighted by molar-refractivity contribution is 5.74. The van der Waals surface area contributed by atoms with E-state index in [1.807, 2.05) is 0 Å². The van der Waals surface area contributed by atoms with Crippen LogP contribution in [0.4, 0.5) is 0 Å². The van der Waals surface area contributed by atoms with E-state index in [-0.39, 0.29) is 11.5 Å². The van der Waals surface area contributed by atoms with Crippen LogP contribution in [0.5, 0.6) is 0 Å². The standard InChI is InChI=1S/C14H27NO2/c1-5-11(6-2)10-15-9-7-8-14(3,4)12(15)13(16)17/h11-12H,5-10H2,1-4H3,(H,16,17). The average Bonchev–Trinajstić information content (AvgIpc) is 2.23. The fourth-order valence-corrected chi connectivity index (χ4v) is 3.06. The first-order chi connectivity index (χ1) is 7.92. The molecule has 0 aliphatic carbocycles. The maximum Gasteiger partial charge on any atom is 0.321 e. The number of carboxylic acids is 1. The van der Waals surface area contributed by atoms with Crippen molar-refractivity contribution in [1.29, 1.82) is 0 Å². The lowest BCUT2D eigenvalue weighted by Gasteiger charge is -2.45. The second kappa shape index (κ2) is 5.85. The topological polar surface area (TPSA) is 40.5 Å². The van der Waals surface area contributed by atoms with Crippen molar-refractivity contribution in [3.8, 4) is 0 Å². The lowest BCUT2D eigenvalue weighted by atomic mass is 9.76. The molecule has 1 aliphatic heterocycles. The lowest BCUT2D eigenvalue weighted by molar-refractivity contribution is -0.151. The Morgan fingerprint density at radius 2 is 2.00 bits per heavy atom. The van der Waals surface area contributed by atoms with Crippen LogP contribution >= 0.6 is 0 Å². The Hall–Kier alpha value is -0.570. The summed E-state index contributed by atoms with van der Waals surface area (Å²) in [4.78, 5) is 13.7. The highest BCUT2D eigenvalue weighted by Crippen LogP contribution is 2.35. The first-order valence-corrected chi connectivity index (χ1v) is 6.89. The number of hydrogen-bond donors (Lipinski definition) is 1. The molecule has 0 aromatic carbocycles. The van der Waals surface area contributed by atoms with Crippen molar-refractivity contribution in [2.75, 3.05) is 13.1 Å². The van der Waals surface area contributed by atoms with Gasteiger partial charge in [0.25, 0.3) is 0 Å². The van der Waals surface area contributed by atoms with E-state index in [9.17, 15) is 9.90 Å². The summed E-state index contributed by atoms with van der Waals surface area (Å²) in [5.74, 6) is -0.0218. The van der Waals surface area contributed by atoms with E-state index in [1.54, 1.807) is 0 Å². The molecule has 1 heterocycles. The minimum Gasteiger partial charge on any atom is -0.480 e. The Balaban J connectivity index is 2.77. The van der Waals surface area contributed by atoms with Crippen LogP contribution in [0, 0.1) is 11.3 Å². The fourth-order valence-electron chi connectivity index (χ4n) is 3.06. The maximum absolute atomic E-state index is 11.5. The molecule has 1 aliphatic rings. The van der Waals surface area contributed by atoms with Crippen LogP contribution in [0.3, 0.4) is 0 Å². The van der Waals surface area contributed by atoms with Crippen molar-refractivity contribution >= 4 is 5.97 Å². The predicted molar refractivity (Wildman–Crippen MR) is 70.1 cm³/mol. The van der Waals surface area contributed by atoms with Crippen molar-refractivity contribution in [2.45, 2.75) is 59.4 Å². The molecule has 1 saturated heterocycles. The van der Waals surface area contributed by atoms with Gasteiger partial charge >= 0.3 is 5.97 Å². The van der Waals surface area contributed by atoms with Gasteiger partial charge in [-0.15, -0.1) is 0 Å². The summed E-state index contributed by atoms with van der Waals surface area (Å²) in [5.41, 5.74) is -0.101. The van der Waals surface area contributed by atoms with Crippen molar-refractivity contribution in [3.05, 3.63) is 0 Å². The number of carboxylic acid groups (broad SMARTS) is 1. The van der Waals surface area contributed by atoms with Gasteiger partial charge in [-0.3, -0.25) is 9.69 Å². The summed E-state index contributed by atoms with van der Waals surface area (Å²) in [7, 11) is 0. The van der Waals surface area contributed by atoms with Gasteiger partial charge in [-0.25, -0.2) is 0 Å². The van der Waals surface area contributed by atoms with E-state index in [0.29, 0.717) is 5.92 Å². The van der Waals surface area contributed by atoms with Gasteiger partial charge in [-0.05, 0) is 30.7 Å². The molecule has 0 radical (unpaired) electrons. The molecule has 0 amide bonds. The number of carbonyl (C=O) groups is 1. The summed E-state index contributed by atoms with van der Waals surface area (Å²) in [6, 6.07) is -0.308. The van der Waals surface area contributed by atoms with Crippen LogP contribution in [0.2, 0.25) is 0 Å². The van der Waals surface area contributed by atoms with Crippen LogP contribution in [0.25, 0.3) is 0 Å². The Morgan fingerprint density at radius 3 is 2.47 bits per heavy atom. The molecule has 100 valence electrons. The van der Waals surface area contributed by atoms with E-state index in [0.717, 1.165) is 38.8 Å². The fraction of sp³-hybridized carbons (Fsp3) is 0.929. The van der Waals surface area contributed by atoms with Crippen LogP contribution < -0.4 is 0 Å². The molecule has 1 fully saturated rings. The smallest absolute Gasteiger partial charge is 0.321 e. The summed E-state index contributed by atoms with van der Waals surface area (Å²) in [5, 5.41) is 9.46.